The quantitative estimate of drug-likeness (QED) is 0.283. The van der Waals surface area contributed by atoms with E-state index in [-0.39, 0.29) is 5.97 Å². The molecule has 0 aliphatic carbocycles. The topological polar surface area (TPSA) is 26.3 Å². The lowest BCUT2D eigenvalue weighted by Crippen LogP contribution is -2.06. The molecule has 0 aromatic heterocycles. The molecule has 0 N–H and O–H groups in total. The summed E-state index contributed by atoms with van der Waals surface area (Å²) in [5, 5.41) is 0. The zero-order valence-electron chi connectivity index (χ0n) is 8.67. The van der Waals surface area contributed by atoms with Crippen LogP contribution in [0.25, 0.3) is 0 Å². The Morgan fingerprint density at radius 1 is 1.38 bits per heavy atom. The number of hydrogen-bond donors (Lipinski definition) is 0. The van der Waals surface area contributed by atoms with Crippen molar-refractivity contribution in [3.05, 3.63) is 23.8 Å². The number of allylic oxidation sites excluding steroid dienone is 3. The van der Waals surface area contributed by atoms with Gasteiger partial charge in [0.1, 0.15) is 0 Å². The number of carbonyl (C=O) groups is 1. The van der Waals surface area contributed by atoms with Crippen LogP contribution in [-0.2, 0) is 9.53 Å². The van der Waals surface area contributed by atoms with E-state index in [0.717, 1.165) is 12.8 Å². The molecule has 0 heterocycles. The number of ether oxygens (including phenoxy) is 1. The summed E-state index contributed by atoms with van der Waals surface area (Å²) in [5.41, 5.74) is 0.672. The fourth-order valence-corrected chi connectivity index (χ4v) is 0.764. The highest BCUT2D eigenvalue weighted by Gasteiger charge is 2.02. The molecule has 0 unspecified atom stereocenters. The van der Waals surface area contributed by atoms with E-state index < -0.39 is 0 Å². The van der Waals surface area contributed by atoms with Crippen molar-refractivity contribution in [3.8, 4) is 0 Å². The number of unbranched alkanes of at least 4 members (excludes halogenated alkanes) is 1. The van der Waals surface area contributed by atoms with Gasteiger partial charge in [0.25, 0.3) is 0 Å². The number of rotatable bonds is 5. The van der Waals surface area contributed by atoms with Gasteiger partial charge in [-0.3, -0.25) is 0 Å². The second kappa shape index (κ2) is 7.59. The SMILES string of the molecule is C/C=C\CCCOC(=O)/C(C)=C/C. The van der Waals surface area contributed by atoms with Gasteiger partial charge >= 0.3 is 5.97 Å². The molecular weight excluding hydrogens is 164 g/mol. The van der Waals surface area contributed by atoms with Crippen LogP contribution in [0, 0.1) is 0 Å². The summed E-state index contributed by atoms with van der Waals surface area (Å²) < 4.78 is 5.00. The average molecular weight is 182 g/mol. The average Bonchev–Trinajstić information content (AvgIpc) is 2.16. The van der Waals surface area contributed by atoms with Gasteiger partial charge in [-0.25, -0.2) is 4.79 Å². The molecule has 0 saturated carbocycles. The Balaban J connectivity index is 3.49. The second-order valence-corrected chi connectivity index (χ2v) is 2.82. The highest BCUT2D eigenvalue weighted by molar-refractivity contribution is 5.87. The van der Waals surface area contributed by atoms with Crippen molar-refractivity contribution in [2.24, 2.45) is 0 Å². The molecule has 0 aromatic rings. The van der Waals surface area contributed by atoms with Crippen molar-refractivity contribution in [2.45, 2.75) is 33.6 Å². The van der Waals surface area contributed by atoms with E-state index in [1.54, 1.807) is 13.0 Å². The molecule has 0 aliphatic heterocycles. The van der Waals surface area contributed by atoms with Crippen molar-refractivity contribution in [1.82, 2.24) is 0 Å². The summed E-state index contributed by atoms with van der Waals surface area (Å²) in [4.78, 5) is 11.1. The van der Waals surface area contributed by atoms with Crippen LogP contribution in [0.1, 0.15) is 33.6 Å². The molecule has 0 atom stereocenters. The third-order valence-electron chi connectivity index (χ3n) is 1.74. The Labute approximate surface area is 80.3 Å². The Hall–Kier alpha value is -1.05. The van der Waals surface area contributed by atoms with Gasteiger partial charge in [0, 0.05) is 5.57 Å². The Morgan fingerprint density at radius 2 is 2.08 bits per heavy atom. The van der Waals surface area contributed by atoms with Crippen molar-refractivity contribution in [1.29, 1.82) is 0 Å². The van der Waals surface area contributed by atoms with E-state index in [1.165, 1.54) is 0 Å². The standard InChI is InChI=1S/C11H18O2/c1-4-6-7-8-9-13-11(12)10(3)5-2/h4-6H,7-9H2,1-3H3/b6-4-,10-5+. The maximum absolute atomic E-state index is 11.1. The molecule has 74 valence electrons. The number of hydrogen-bond acceptors (Lipinski definition) is 2. The van der Waals surface area contributed by atoms with Crippen LogP contribution >= 0.6 is 0 Å². The van der Waals surface area contributed by atoms with E-state index in [9.17, 15) is 4.79 Å². The van der Waals surface area contributed by atoms with Crippen LogP contribution in [0.15, 0.2) is 23.8 Å². The monoisotopic (exact) mass is 182 g/mol. The van der Waals surface area contributed by atoms with Crippen LogP contribution in [0.5, 0.6) is 0 Å². The first-order chi connectivity index (χ1) is 6.22. The van der Waals surface area contributed by atoms with Gasteiger partial charge in [-0.2, -0.15) is 0 Å². The fourth-order valence-electron chi connectivity index (χ4n) is 0.764. The minimum atomic E-state index is -0.206. The molecule has 0 aromatic carbocycles. The second-order valence-electron chi connectivity index (χ2n) is 2.82. The smallest absolute Gasteiger partial charge is 0.333 e. The van der Waals surface area contributed by atoms with Gasteiger partial charge in [-0.05, 0) is 33.6 Å². The molecule has 2 nitrogen and oxygen atoms in total. The lowest BCUT2D eigenvalue weighted by Gasteiger charge is -2.02. The minimum absolute atomic E-state index is 0.206. The van der Waals surface area contributed by atoms with Crippen molar-refractivity contribution in [3.63, 3.8) is 0 Å². The van der Waals surface area contributed by atoms with E-state index in [0.29, 0.717) is 12.2 Å². The van der Waals surface area contributed by atoms with Gasteiger partial charge in [-0.1, -0.05) is 18.2 Å². The lowest BCUT2D eigenvalue weighted by atomic mass is 10.3. The third kappa shape index (κ3) is 6.14. The van der Waals surface area contributed by atoms with E-state index >= 15 is 0 Å². The molecule has 2 heteroatoms. The number of carbonyl (C=O) groups excluding carboxylic acids is 1. The molecule has 0 bridgehead atoms. The third-order valence-corrected chi connectivity index (χ3v) is 1.74. The van der Waals surface area contributed by atoms with Crippen LogP contribution < -0.4 is 0 Å². The summed E-state index contributed by atoms with van der Waals surface area (Å²) >= 11 is 0. The summed E-state index contributed by atoms with van der Waals surface area (Å²) in [6.07, 6.45) is 7.69. The zero-order chi connectivity index (χ0) is 10.1. The van der Waals surface area contributed by atoms with Crippen LogP contribution in [0.3, 0.4) is 0 Å². The van der Waals surface area contributed by atoms with E-state index in [2.05, 4.69) is 6.08 Å². The first-order valence-corrected chi connectivity index (χ1v) is 4.63. The summed E-state index contributed by atoms with van der Waals surface area (Å²) in [6.45, 7) is 6.08. The summed E-state index contributed by atoms with van der Waals surface area (Å²) in [7, 11) is 0. The van der Waals surface area contributed by atoms with Crippen molar-refractivity contribution < 1.29 is 9.53 Å². The van der Waals surface area contributed by atoms with Crippen LogP contribution in [-0.4, -0.2) is 12.6 Å². The predicted octanol–water partition coefficient (Wildman–Crippen LogP) is 2.85. The normalized spacial score (nSPS) is 12.1. The molecular formula is C11H18O2. The minimum Gasteiger partial charge on any atom is -0.462 e. The summed E-state index contributed by atoms with van der Waals surface area (Å²) in [5.74, 6) is -0.206. The molecule has 0 radical (unpaired) electrons. The Kier molecular flexibility index (Phi) is 6.98. The summed E-state index contributed by atoms with van der Waals surface area (Å²) in [6, 6.07) is 0. The lowest BCUT2D eigenvalue weighted by molar-refractivity contribution is -0.139. The van der Waals surface area contributed by atoms with E-state index in [4.69, 9.17) is 4.74 Å². The molecule has 0 rings (SSSR count). The highest BCUT2D eigenvalue weighted by atomic mass is 16.5. The van der Waals surface area contributed by atoms with Gasteiger partial charge in [0.05, 0.1) is 6.61 Å². The Bertz CT molecular complexity index is 202. The molecule has 0 aliphatic rings. The van der Waals surface area contributed by atoms with Gasteiger partial charge in [0.2, 0.25) is 0 Å². The largest absolute Gasteiger partial charge is 0.462 e. The van der Waals surface area contributed by atoms with Gasteiger partial charge in [-0.15, -0.1) is 0 Å². The van der Waals surface area contributed by atoms with Crippen LogP contribution in [0.4, 0.5) is 0 Å². The van der Waals surface area contributed by atoms with Crippen molar-refractivity contribution >= 4 is 5.97 Å². The first-order valence-electron chi connectivity index (χ1n) is 4.63. The van der Waals surface area contributed by atoms with Gasteiger partial charge < -0.3 is 4.74 Å². The maximum atomic E-state index is 11.1. The van der Waals surface area contributed by atoms with Crippen LogP contribution in [0.2, 0.25) is 0 Å². The van der Waals surface area contributed by atoms with Gasteiger partial charge in [0.15, 0.2) is 0 Å². The molecule has 0 saturated heterocycles. The van der Waals surface area contributed by atoms with E-state index in [1.807, 2.05) is 19.9 Å². The maximum Gasteiger partial charge on any atom is 0.333 e. The number of esters is 1. The zero-order valence-corrected chi connectivity index (χ0v) is 8.67. The van der Waals surface area contributed by atoms with Crippen molar-refractivity contribution in [2.75, 3.05) is 6.61 Å². The predicted molar refractivity (Wildman–Crippen MR) is 54.4 cm³/mol. The fraction of sp³-hybridized carbons (Fsp3) is 0.545. The molecule has 13 heavy (non-hydrogen) atoms. The molecule has 0 amide bonds. The highest BCUT2D eigenvalue weighted by Crippen LogP contribution is 1.98. The Morgan fingerprint density at radius 3 is 2.62 bits per heavy atom. The molecule has 0 spiro atoms. The first kappa shape index (κ1) is 11.9. The molecule has 0 fully saturated rings.